The number of nitrogens with zero attached hydrogens (tertiary/aromatic N) is 2. The van der Waals surface area contributed by atoms with E-state index in [0.29, 0.717) is 5.82 Å². The van der Waals surface area contributed by atoms with Crippen molar-refractivity contribution in [2.24, 2.45) is 0 Å². The van der Waals surface area contributed by atoms with Crippen molar-refractivity contribution < 1.29 is 4.79 Å². The molecule has 3 rings (SSSR count). The van der Waals surface area contributed by atoms with Gasteiger partial charge in [0.05, 0.1) is 0 Å². The second-order valence-electron chi connectivity index (χ2n) is 8.97. The zero-order valence-corrected chi connectivity index (χ0v) is 21.1. The highest BCUT2D eigenvalue weighted by molar-refractivity contribution is 5.90. The highest BCUT2D eigenvalue weighted by atomic mass is 16.2. The Kier molecular flexibility index (Phi) is 7.37. The summed E-state index contributed by atoms with van der Waals surface area (Å²) < 4.78 is 0. The van der Waals surface area contributed by atoms with E-state index < -0.39 is 0 Å². The zero-order valence-electron chi connectivity index (χ0n) is 21.1. The van der Waals surface area contributed by atoms with Crippen LogP contribution in [0.5, 0.6) is 0 Å². The van der Waals surface area contributed by atoms with Gasteiger partial charge in [0.1, 0.15) is 5.82 Å². The molecule has 1 N–H and O–H groups in total. The number of pyridine rings is 1. The first-order valence-electron chi connectivity index (χ1n) is 11.4. The summed E-state index contributed by atoms with van der Waals surface area (Å²) in [6, 6.07) is 12.7. The topological polar surface area (TPSA) is 45.2 Å². The van der Waals surface area contributed by atoms with E-state index in [1.807, 2.05) is 12.3 Å². The number of anilines is 2. The molecule has 0 atom stereocenters. The molecular weight excluding hydrogens is 406 g/mol. The van der Waals surface area contributed by atoms with Crippen LogP contribution in [0.1, 0.15) is 43.0 Å². The molecule has 0 aliphatic carbocycles. The summed E-state index contributed by atoms with van der Waals surface area (Å²) in [6.07, 6.45) is 4.06. The van der Waals surface area contributed by atoms with E-state index in [-0.39, 0.29) is 5.91 Å². The summed E-state index contributed by atoms with van der Waals surface area (Å²) in [4.78, 5) is 17.7. The lowest BCUT2D eigenvalue weighted by molar-refractivity contribution is -0.116. The number of amides is 1. The van der Waals surface area contributed by atoms with E-state index in [1.54, 1.807) is 18.9 Å². The highest BCUT2D eigenvalue weighted by Crippen LogP contribution is 2.39. The number of nitrogens with one attached hydrogen (secondary N) is 1. The van der Waals surface area contributed by atoms with Gasteiger partial charge in [-0.25, -0.2) is 4.98 Å². The summed E-state index contributed by atoms with van der Waals surface area (Å²) >= 11 is 0. The van der Waals surface area contributed by atoms with E-state index in [4.69, 9.17) is 0 Å². The van der Waals surface area contributed by atoms with Crippen LogP contribution < -0.4 is 10.2 Å². The fourth-order valence-corrected chi connectivity index (χ4v) is 4.20. The monoisotopic (exact) mass is 441 g/mol. The fourth-order valence-electron chi connectivity index (χ4n) is 4.20. The fraction of sp³-hybridized carbons (Fsp3) is 0.310. The van der Waals surface area contributed by atoms with Crippen LogP contribution in [0.3, 0.4) is 0 Å². The molecule has 0 aliphatic rings. The van der Waals surface area contributed by atoms with Crippen LogP contribution in [-0.4, -0.2) is 24.5 Å². The molecule has 172 valence electrons. The summed E-state index contributed by atoms with van der Waals surface area (Å²) in [6.45, 7) is 15.4. The average molecular weight is 442 g/mol. The van der Waals surface area contributed by atoms with Crippen molar-refractivity contribution in [1.82, 2.24) is 4.98 Å². The Bertz CT molecular complexity index is 1160. The van der Waals surface area contributed by atoms with Crippen molar-refractivity contribution in [2.75, 3.05) is 23.8 Å². The molecule has 0 bridgehead atoms. The minimum absolute atomic E-state index is 0.0307. The quantitative estimate of drug-likeness (QED) is 0.418. The van der Waals surface area contributed by atoms with Gasteiger partial charge in [0.15, 0.2) is 0 Å². The van der Waals surface area contributed by atoms with Crippen LogP contribution in [0, 0.1) is 27.7 Å². The highest BCUT2D eigenvalue weighted by Gasteiger charge is 2.18. The molecule has 0 aliphatic heterocycles. The Hall–Kier alpha value is -3.40. The van der Waals surface area contributed by atoms with Crippen molar-refractivity contribution in [3.8, 4) is 22.3 Å². The number of benzene rings is 2. The van der Waals surface area contributed by atoms with Gasteiger partial charge in [-0.2, -0.15) is 0 Å². The van der Waals surface area contributed by atoms with Gasteiger partial charge in [-0.1, -0.05) is 23.8 Å². The lowest BCUT2D eigenvalue weighted by Crippen LogP contribution is -2.23. The van der Waals surface area contributed by atoms with Gasteiger partial charge in [0.25, 0.3) is 0 Å². The van der Waals surface area contributed by atoms with Crippen LogP contribution in [0.15, 0.2) is 54.2 Å². The molecule has 0 radical (unpaired) electrons. The number of carbonyl (C=O) groups excluding carboxylic acids is 1. The number of allylic oxidation sites excluding steroid dienone is 1. The number of aromatic nitrogens is 1. The Labute approximate surface area is 198 Å². The number of hydrogen-bond donors (Lipinski definition) is 1. The van der Waals surface area contributed by atoms with E-state index in [1.165, 1.54) is 44.5 Å². The number of rotatable bonds is 6. The molecule has 0 unspecified atom stereocenters. The first-order valence-corrected chi connectivity index (χ1v) is 11.4. The summed E-state index contributed by atoms with van der Waals surface area (Å²) in [5.74, 6) is 0.627. The standard InChI is InChI=1S/C29H35N3O/c1-18(2)15-16-30-26-12-9-24(10-13-26)28-19(3)21(5)29(22(6)20(28)4)25-11-14-27(31-17-25)32(8)23(7)33/h9-15,17,30H,16H2,1-8H3. The maximum Gasteiger partial charge on any atom is 0.224 e. The van der Waals surface area contributed by atoms with Gasteiger partial charge < -0.3 is 10.2 Å². The largest absolute Gasteiger partial charge is 0.382 e. The molecule has 0 saturated carbocycles. The van der Waals surface area contributed by atoms with Gasteiger partial charge in [-0.3, -0.25) is 4.79 Å². The third-order valence-corrected chi connectivity index (χ3v) is 6.47. The predicted octanol–water partition coefficient (Wildman–Crippen LogP) is 7.01. The van der Waals surface area contributed by atoms with E-state index in [2.05, 4.69) is 88.3 Å². The second-order valence-corrected chi connectivity index (χ2v) is 8.97. The van der Waals surface area contributed by atoms with E-state index in [0.717, 1.165) is 17.8 Å². The van der Waals surface area contributed by atoms with Crippen LogP contribution in [0.2, 0.25) is 0 Å². The molecule has 33 heavy (non-hydrogen) atoms. The Morgan fingerprint density at radius 2 is 1.36 bits per heavy atom. The molecule has 0 spiro atoms. The van der Waals surface area contributed by atoms with E-state index in [9.17, 15) is 4.79 Å². The summed E-state index contributed by atoms with van der Waals surface area (Å²) in [7, 11) is 1.74. The van der Waals surface area contributed by atoms with Gasteiger partial charge in [0.2, 0.25) is 5.91 Å². The first-order chi connectivity index (χ1) is 15.6. The van der Waals surface area contributed by atoms with Crippen molar-refractivity contribution in [2.45, 2.75) is 48.5 Å². The van der Waals surface area contributed by atoms with Crippen LogP contribution >= 0.6 is 0 Å². The van der Waals surface area contributed by atoms with E-state index >= 15 is 0 Å². The minimum Gasteiger partial charge on any atom is -0.382 e. The molecule has 1 aromatic heterocycles. The smallest absolute Gasteiger partial charge is 0.224 e. The number of carbonyl (C=O) groups is 1. The third kappa shape index (κ3) is 5.16. The molecular formula is C29H35N3O. The Morgan fingerprint density at radius 3 is 1.82 bits per heavy atom. The molecule has 2 aromatic carbocycles. The maximum absolute atomic E-state index is 11.6. The van der Waals surface area contributed by atoms with Crippen molar-refractivity contribution >= 4 is 17.4 Å². The van der Waals surface area contributed by atoms with Gasteiger partial charge in [0, 0.05) is 38.0 Å². The lowest BCUT2D eigenvalue weighted by Gasteiger charge is -2.22. The minimum atomic E-state index is -0.0307. The van der Waals surface area contributed by atoms with Crippen LogP contribution in [0.4, 0.5) is 11.5 Å². The second kappa shape index (κ2) is 10.0. The molecule has 0 fully saturated rings. The number of hydrogen-bond acceptors (Lipinski definition) is 3. The first kappa shape index (κ1) is 24.2. The zero-order chi connectivity index (χ0) is 24.3. The molecule has 0 saturated heterocycles. The summed E-state index contributed by atoms with van der Waals surface area (Å²) in [5, 5.41) is 3.45. The Balaban J connectivity index is 1.98. The maximum atomic E-state index is 11.6. The van der Waals surface area contributed by atoms with Crippen LogP contribution in [0.25, 0.3) is 22.3 Å². The molecule has 4 heteroatoms. The van der Waals surface area contributed by atoms with Crippen molar-refractivity contribution in [3.63, 3.8) is 0 Å². The molecule has 1 heterocycles. The summed E-state index contributed by atoms with van der Waals surface area (Å²) in [5.41, 5.74) is 12.3. The normalized spacial score (nSPS) is 10.7. The lowest BCUT2D eigenvalue weighted by atomic mass is 9.84. The third-order valence-electron chi connectivity index (χ3n) is 6.47. The SMILES string of the molecule is CC(=O)N(C)c1ccc(-c2c(C)c(C)c(-c3ccc(NCC=C(C)C)cc3)c(C)c2C)cn1. The molecule has 1 amide bonds. The Morgan fingerprint density at radius 1 is 0.848 bits per heavy atom. The van der Waals surface area contributed by atoms with Crippen molar-refractivity contribution in [1.29, 1.82) is 0 Å². The molecule has 4 nitrogen and oxygen atoms in total. The molecule has 3 aromatic rings. The van der Waals surface area contributed by atoms with Gasteiger partial charge in [-0.15, -0.1) is 0 Å². The van der Waals surface area contributed by atoms with Gasteiger partial charge >= 0.3 is 0 Å². The predicted molar refractivity (Wildman–Crippen MR) is 141 cm³/mol. The van der Waals surface area contributed by atoms with Gasteiger partial charge in [-0.05, 0) is 105 Å². The van der Waals surface area contributed by atoms with Crippen LogP contribution in [-0.2, 0) is 4.79 Å². The van der Waals surface area contributed by atoms with Crippen molar-refractivity contribution in [3.05, 3.63) is 76.5 Å². The average Bonchev–Trinajstić information content (AvgIpc) is 2.79.